The molecule has 1 N–H and O–H groups in total. The summed E-state index contributed by atoms with van der Waals surface area (Å²) < 4.78 is 4.91. The van der Waals surface area contributed by atoms with Gasteiger partial charge >= 0.3 is 5.97 Å². The van der Waals surface area contributed by atoms with E-state index in [9.17, 15) is 4.79 Å². The number of aromatic hydroxyl groups is 1. The largest absolute Gasteiger partial charge is 0.508 e. The maximum atomic E-state index is 11.0. The Morgan fingerprint density at radius 3 is 2.50 bits per heavy atom. The van der Waals surface area contributed by atoms with Gasteiger partial charge in [-0.15, -0.1) is 0 Å². The summed E-state index contributed by atoms with van der Waals surface area (Å²) in [6.45, 7) is 5.26. The molecule has 0 heterocycles. The van der Waals surface area contributed by atoms with Crippen molar-refractivity contribution >= 4 is 5.97 Å². The Bertz CT molecular complexity index is 338. The van der Waals surface area contributed by atoms with Gasteiger partial charge in [0.2, 0.25) is 0 Å². The van der Waals surface area contributed by atoms with E-state index in [1.807, 2.05) is 0 Å². The van der Waals surface area contributed by atoms with Crippen molar-refractivity contribution in [3.05, 3.63) is 42.0 Å². The summed E-state index contributed by atoms with van der Waals surface area (Å²) in [6.07, 6.45) is 0. The molecule has 74 valence electrons. The zero-order valence-corrected chi connectivity index (χ0v) is 7.99. The van der Waals surface area contributed by atoms with Gasteiger partial charge < -0.3 is 9.84 Å². The van der Waals surface area contributed by atoms with Crippen molar-refractivity contribution < 1.29 is 14.6 Å². The molecule has 1 aromatic rings. The van der Waals surface area contributed by atoms with Gasteiger partial charge in [0.1, 0.15) is 12.4 Å². The van der Waals surface area contributed by atoms with E-state index in [0.29, 0.717) is 5.57 Å². The van der Waals surface area contributed by atoms with Crippen LogP contribution in [0, 0.1) is 0 Å². The molecule has 1 rings (SSSR count). The van der Waals surface area contributed by atoms with E-state index < -0.39 is 5.97 Å². The first-order chi connectivity index (χ1) is 6.59. The molecule has 14 heavy (non-hydrogen) atoms. The van der Waals surface area contributed by atoms with Crippen LogP contribution in [-0.4, -0.2) is 11.1 Å². The molecular formula is C11H12O3. The topological polar surface area (TPSA) is 46.5 Å². The molecule has 1 aromatic carbocycles. The number of hydrogen-bond donors (Lipinski definition) is 1. The summed E-state index contributed by atoms with van der Waals surface area (Å²) in [5.74, 6) is -0.210. The highest BCUT2D eigenvalue weighted by atomic mass is 16.5. The quantitative estimate of drug-likeness (QED) is 0.588. The van der Waals surface area contributed by atoms with Crippen LogP contribution in [0.25, 0.3) is 0 Å². The Hall–Kier alpha value is -1.77. The average molecular weight is 192 g/mol. The van der Waals surface area contributed by atoms with E-state index in [-0.39, 0.29) is 12.4 Å². The highest BCUT2D eigenvalue weighted by Gasteiger charge is 2.02. The molecule has 0 spiro atoms. The third kappa shape index (κ3) is 2.94. The van der Waals surface area contributed by atoms with Crippen LogP contribution >= 0.6 is 0 Å². The lowest BCUT2D eigenvalue weighted by Gasteiger charge is -2.03. The zero-order valence-electron chi connectivity index (χ0n) is 7.99. The molecule has 0 radical (unpaired) electrons. The molecule has 0 bridgehead atoms. The third-order valence-electron chi connectivity index (χ3n) is 1.65. The van der Waals surface area contributed by atoms with E-state index >= 15 is 0 Å². The number of benzene rings is 1. The van der Waals surface area contributed by atoms with Crippen molar-refractivity contribution in [3.63, 3.8) is 0 Å². The predicted octanol–water partition coefficient (Wildman–Crippen LogP) is 2.01. The summed E-state index contributed by atoms with van der Waals surface area (Å²) >= 11 is 0. The van der Waals surface area contributed by atoms with Crippen molar-refractivity contribution in [1.82, 2.24) is 0 Å². The molecule has 0 unspecified atom stereocenters. The highest BCUT2D eigenvalue weighted by Crippen LogP contribution is 2.10. The first-order valence-electron chi connectivity index (χ1n) is 4.20. The number of rotatable bonds is 3. The molecule has 3 heteroatoms. The van der Waals surface area contributed by atoms with E-state index in [1.54, 1.807) is 31.2 Å². The van der Waals surface area contributed by atoms with Crippen LogP contribution in [0.2, 0.25) is 0 Å². The number of ether oxygens (including phenoxy) is 1. The second-order valence-corrected chi connectivity index (χ2v) is 3.02. The molecule has 0 aromatic heterocycles. The average Bonchev–Trinajstić information content (AvgIpc) is 2.16. The lowest BCUT2D eigenvalue weighted by Crippen LogP contribution is -2.04. The number of esters is 1. The molecule has 0 atom stereocenters. The summed E-state index contributed by atoms with van der Waals surface area (Å²) in [5, 5.41) is 9.00. The van der Waals surface area contributed by atoms with Gasteiger partial charge in [-0.2, -0.15) is 0 Å². The first kappa shape index (κ1) is 10.3. The highest BCUT2D eigenvalue weighted by molar-refractivity contribution is 5.86. The normalized spacial score (nSPS) is 9.50. The van der Waals surface area contributed by atoms with E-state index in [0.717, 1.165) is 5.56 Å². The van der Waals surface area contributed by atoms with Crippen LogP contribution in [-0.2, 0) is 16.1 Å². The molecule has 0 saturated heterocycles. The van der Waals surface area contributed by atoms with E-state index in [2.05, 4.69) is 6.58 Å². The fraction of sp³-hybridized carbons (Fsp3) is 0.182. The molecule has 0 aliphatic heterocycles. The van der Waals surface area contributed by atoms with Crippen molar-refractivity contribution in [2.75, 3.05) is 0 Å². The Morgan fingerprint density at radius 2 is 2.00 bits per heavy atom. The van der Waals surface area contributed by atoms with Crippen LogP contribution in [0.1, 0.15) is 12.5 Å². The summed E-state index contributed by atoms with van der Waals surface area (Å²) in [4.78, 5) is 11.0. The third-order valence-corrected chi connectivity index (χ3v) is 1.65. The minimum absolute atomic E-state index is 0.194. The minimum atomic E-state index is -0.405. The lowest BCUT2D eigenvalue weighted by molar-refractivity contribution is -0.140. The van der Waals surface area contributed by atoms with Gasteiger partial charge in [-0.25, -0.2) is 4.79 Å². The monoisotopic (exact) mass is 192 g/mol. The Balaban J connectivity index is 2.50. The van der Waals surface area contributed by atoms with E-state index in [1.165, 1.54) is 0 Å². The maximum absolute atomic E-state index is 11.0. The summed E-state index contributed by atoms with van der Waals surface area (Å²) in [7, 11) is 0. The van der Waals surface area contributed by atoms with Crippen LogP contribution in [0.5, 0.6) is 5.75 Å². The molecule has 0 amide bonds. The smallest absolute Gasteiger partial charge is 0.333 e. The lowest BCUT2D eigenvalue weighted by atomic mass is 10.2. The maximum Gasteiger partial charge on any atom is 0.333 e. The molecule has 3 nitrogen and oxygen atoms in total. The van der Waals surface area contributed by atoms with Crippen molar-refractivity contribution in [2.24, 2.45) is 0 Å². The number of phenols is 1. The Morgan fingerprint density at radius 1 is 1.43 bits per heavy atom. The van der Waals surface area contributed by atoms with Crippen molar-refractivity contribution in [1.29, 1.82) is 0 Å². The van der Waals surface area contributed by atoms with Crippen molar-refractivity contribution in [2.45, 2.75) is 13.5 Å². The summed E-state index contributed by atoms with van der Waals surface area (Å²) in [6, 6.07) is 6.48. The SMILES string of the molecule is C=C(C)C(=O)OCc1ccc(O)cc1. The zero-order chi connectivity index (χ0) is 10.6. The van der Waals surface area contributed by atoms with Gasteiger partial charge in [0.05, 0.1) is 0 Å². The van der Waals surface area contributed by atoms with Crippen LogP contribution in [0.4, 0.5) is 0 Å². The van der Waals surface area contributed by atoms with Crippen LogP contribution in [0.3, 0.4) is 0 Å². The number of hydrogen-bond acceptors (Lipinski definition) is 3. The standard InChI is InChI=1S/C11H12O3/c1-8(2)11(13)14-7-9-3-5-10(12)6-4-9/h3-6,12H,1,7H2,2H3. The predicted molar refractivity (Wildman–Crippen MR) is 52.7 cm³/mol. The molecule has 0 aliphatic rings. The van der Waals surface area contributed by atoms with Crippen LogP contribution < -0.4 is 0 Å². The van der Waals surface area contributed by atoms with E-state index in [4.69, 9.17) is 9.84 Å². The number of carbonyl (C=O) groups is 1. The van der Waals surface area contributed by atoms with Gasteiger partial charge in [-0.3, -0.25) is 0 Å². The molecular weight excluding hydrogens is 180 g/mol. The second-order valence-electron chi connectivity index (χ2n) is 3.02. The molecule has 0 saturated carbocycles. The van der Waals surface area contributed by atoms with Crippen LogP contribution in [0.15, 0.2) is 36.4 Å². The molecule has 0 fully saturated rings. The summed E-state index contributed by atoms with van der Waals surface area (Å²) in [5.41, 5.74) is 1.21. The Labute approximate surface area is 82.6 Å². The van der Waals surface area contributed by atoms with Gasteiger partial charge in [-0.1, -0.05) is 18.7 Å². The van der Waals surface area contributed by atoms with Crippen molar-refractivity contribution in [3.8, 4) is 5.75 Å². The minimum Gasteiger partial charge on any atom is -0.508 e. The van der Waals surface area contributed by atoms with Gasteiger partial charge in [0.25, 0.3) is 0 Å². The number of phenolic OH excluding ortho intramolecular Hbond substituents is 1. The second kappa shape index (κ2) is 4.46. The van der Waals surface area contributed by atoms with Gasteiger partial charge in [0.15, 0.2) is 0 Å². The Kier molecular flexibility index (Phi) is 3.29. The molecule has 0 aliphatic carbocycles. The number of carbonyl (C=O) groups excluding carboxylic acids is 1. The van der Waals surface area contributed by atoms with Gasteiger partial charge in [-0.05, 0) is 24.6 Å². The fourth-order valence-corrected chi connectivity index (χ4v) is 0.864. The van der Waals surface area contributed by atoms with Gasteiger partial charge in [0, 0.05) is 5.57 Å². The first-order valence-corrected chi connectivity index (χ1v) is 4.20. The fourth-order valence-electron chi connectivity index (χ4n) is 0.864.